The van der Waals surface area contributed by atoms with Gasteiger partial charge < -0.3 is 10.2 Å². The minimum atomic E-state index is -0.536. The summed E-state index contributed by atoms with van der Waals surface area (Å²) in [6, 6.07) is 13.2. The molecule has 1 aromatic carbocycles. The van der Waals surface area contributed by atoms with Gasteiger partial charge in [0.15, 0.2) is 5.82 Å². The molecule has 1 amide bonds. The number of hydrogen-bond donors (Lipinski definition) is 1. The standard InChI is InChI=1S/C21H12N6OS/c22-10-13-6-8-29-21(13)26-20(28)12-5-7-27-17(9-12)14(11-23)18-19(27)25-16-4-2-1-3-15(16)24-18/h1-9,14,17H,(H,26,28). The Morgan fingerprint density at radius 2 is 1.97 bits per heavy atom. The van der Waals surface area contributed by atoms with Crippen LogP contribution < -0.4 is 10.2 Å². The molecule has 8 heteroatoms. The molecule has 2 atom stereocenters. The number of fused-ring (bicyclic) bond motifs is 4. The van der Waals surface area contributed by atoms with E-state index in [9.17, 15) is 10.1 Å². The molecule has 0 saturated heterocycles. The zero-order chi connectivity index (χ0) is 20.0. The van der Waals surface area contributed by atoms with Gasteiger partial charge in [0.25, 0.3) is 5.91 Å². The van der Waals surface area contributed by atoms with E-state index in [-0.39, 0.29) is 11.9 Å². The number of nitriles is 2. The summed E-state index contributed by atoms with van der Waals surface area (Å²) in [6.45, 7) is 0. The third-order valence-corrected chi connectivity index (χ3v) is 5.79. The van der Waals surface area contributed by atoms with Crippen LogP contribution in [-0.2, 0) is 4.79 Å². The van der Waals surface area contributed by atoms with Crippen molar-refractivity contribution in [3.63, 3.8) is 0 Å². The molecule has 0 spiro atoms. The van der Waals surface area contributed by atoms with E-state index in [4.69, 9.17) is 5.26 Å². The Labute approximate surface area is 169 Å². The number of hydrogen-bond acceptors (Lipinski definition) is 7. The van der Waals surface area contributed by atoms with E-state index in [1.807, 2.05) is 29.2 Å². The Hall–Kier alpha value is -4.01. The van der Waals surface area contributed by atoms with E-state index in [0.29, 0.717) is 27.6 Å². The highest BCUT2D eigenvalue weighted by Gasteiger charge is 2.41. The molecule has 7 nitrogen and oxygen atoms in total. The number of para-hydroxylation sites is 2. The minimum absolute atomic E-state index is 0.321. The lowest BCUT2D eigenvalue weighted by molar-refractivity contribution is -0.112. The molecule has 4 heterocycles. The number of nitrogens with zero attached hydrogens (tertiary/aromatic N) is 5. The first-order chi connectivity index (χ1) is 14.2. The van der Waals surface area contributed by atoms with Crippen LogP contribution in [0.4, 0.5) is 10.8 Å². The normalized spacial score (nSPS) is 19.1. The summed E-state index contributed by atoms with van der Waals surface area (Å²) in [4.78, 5) is 23.9. The average molecular weight is 396 g/mol. The van der Waals surface area contributed by atoms with E-state index >= 15 is 0 Å². The van der Waals surface area contributed by atoms with Crippen LogP contribution in [0.15, 0.2) is 59.6 Å². The number of amides is 1. The summed E-state index contributed by atoms with van der Waals surface area (Å²) in [5.74, 6) is -0.220. The Balaban J connectivity index is 1.50. The van der Waals surface area contributed by atoms with Gasteiger partial charge in [0.1, 0.15) is 22.7 Å². The lowest BCUT2D eigenvalue weighted by Gasteiger charge is -2.25. The van der Waals surface area contributed by atoms with Crippen LogP contribution in [0, 0.1) is 22.7 Å². The van der Waals surface area contributed by atoms with Gasteiger partial charge in [0, 0.05) is 11.8 Å². The molecule has 138 valence electrons. The molecular formula is C21H12N6OS. The van der Waals surface area contributed by atoms with E-state index in [1.54, 1.807) is 29.8 Å². The molecule has 0 bridgehead atoms. The fourth-order valence-electron chi connectivity index (χ4n) is 3.57. The monoisotopic (exact) mass is 396 g/mol. The van der Waals surface area contributed by atoms with Crippen LogP contribution >= 0.6 is 11.3 Å². The predicted molar refractivity (Wildman–Crippen MR) is 109 cm³/mol. The molecule has 5 rings (SSSR count). The smallest absolute Gasteiger partial charge is 0.256 e. The van der Waals surface area contributed by atoms with Crippen molar-refractivity contribution in [2.45, 2.75) is 12.0 Å². The summed E-state index contributed by atoms with van der Waals surface area (Å²) in [7, 11) is 0. The first kappa shape index (κ1) is 17.1. The topological polar surface area (TPSA) is 106 Å². The van der Waals surface area contributed by atoms with Gasteiger partial charge in [-0.05, 0) is 35.7 Å². The molecule has 2 aliphatic heterocycles. The zero-order valence-corrected chi connectivity index (χ0v) is 15.7. The van der Waals surface area contributed by atoms with Crippen LogP contribution in [0.1, 0.15) is 17.2 Å². The molecular weight excluding hydrogens is 384 g/mol. The van der Waals surface area contributed by atoms with E-state index in [2.05, 4.69) is 27.4 Å². The van der Waals surface area contributed by atoms with Gasteiger partial charge in [-0.25, -0.2) is 9.97 Å². The fraction of sp³-hybridized carbons (Fsp3) is 0.0952. The Kier molecular flexibility index (Phi) is 3.87. The summed E-state index contributed by atoms with van der Waals surface area (Å²) in [6.07, 6.45) is 5.21. The molecule has 0 fully saturated rings. The first-order valence-corrected chi connectivity index (χ1v) is 9.71. The number of rotatable bonds is 2. The van der Waals surface area contributed by atoms with Crippen molar-refractivity contribution in [2.75, 3.05) is 10.2 Å². The molecule has 2 unspecified atom stereocenters. The summed E-state index contributed by atoms with van der Waals surface area (Å²) in [5, 5.41) is 24.0. The summed E-state index contributed by atoms with van der Waals surface area (Å²) < 4.78 is 0. The highest BCUT2D eigenvalue weighted by molar-refractivity contribution is 7.14. The predicted octanol–water partition coefficient (Wildman–Crippen LogP) is 3.45. The molecule has 2 aliphatic rings. The SMILES string of the molecule is N#Cc1ccsc1NC(=O)C1=CC2C(C#N)c3nc4ccccc4nc3N2C=C1. The van der Waals surface area contributed by atoms with Crippen molar-refractivity contribution in [3.05, 3.63) is 70.9 Å². The number of carbonyl (C=O) groups excluding carboxylic acids is 1. The lowest BCUT2D eigenvalue weighted by atomic mass is 9.97. The van der Waals surface area contributed by atoms with Crippen LogP contribution in [0.3, 0.4) is 0 Å². The van der Waals surface area contributed by atoms with Gasteiger partial charge in [-0.2, -0.15) is 10.5 Å². The Morgan fingerprint density at radius 1 is 1.17 bits per heavy atom. The maximum atomic E-state index is 12.7. The van der Waals surface area contributed by atoms with E-state index < -0.39 is 5.92 Å². The van der Waals surface area contributed by atoms with Gasteiger partial charge in [-0.15, -0.1) is 11.3 Å². The van der Waals surface area contributed by atoms with E-state index in [0.717, 1.165) is 11.0 Å². The second-order valence-corrected chi connectivity index (χ2v) is 7.51. The second-order valence-electron chi connectivity index (χ2n) is 6.59. The van der Waals surface area contributed by atoms with Crippen molar-refractivity contribution in [3.8, 4) is 12.1 Å². The lowest BCUT2D eigenvalue weighted by Crippen LogP contribution is -2.32. The molecule has 3 aromatic rings. The van der Waals surface area contributed by atoms with Crippen LogP contribution in [0.2, 0.25) is 0 Å². The van der Waals surface area contributed by atoms with Gasteiger partial charge in [-0.3, -0.25) is 4.79 Å². The second kappa shape index (κ2) is 6.55. The van der Waals surface area contributed by atoms with E-state index in [1.165, 1.54) is 11.3 Å². The number of nitrogens with one attached hydrogen (secondary N) is 1. The van der Waals surface area contributed by atoms with Crippen LogP contribution in [0.25, 0.3) is 11.0 Å². The number of thiophene rings is 1. The zero-order valence-electron chi connectivity index (χ0n) is 14.9. The van der Waals surface area contributed by atoms with Crippen molar-refractivity contribution < 1.29 is 4.79 Å². The van der Waals surface area contributed by atoms with Crippen LogP contribution in [0.5, 0.6) is 0 Å². The number of aromatic nitrogens is 2. The number of benzene rings is 1. The van der Waals surface area contributed by atoms with Gasteiger partial charge in [-0.1, -0.05) is 12.1 Å². The fourth-order valence-corrected chi connectivity index (χ4v) is 4.30. The maximum Gasteiger partial charge on any atom is 0.256 e. The molecule has 2 aromatic heterocycles. The largest absolute Gasteiger partial charge is 0.323 e. The molecule has 0 radical (unpaired) electrons. The van der Waals surface area contributed by atoms with Crippen molar-refractivity contribution in [1.29, 1.82) is 10.5 Å². The van der Waals surface area contributed by atoms with Gasteiger partial charge in [0.05, 0.1) is 28.7 Å². The van der Waals surface area contributed by atoms with Crippen molar-refractivity contribution in [2.24, 2.45) is 0 Å². The maximum absolute atomic E-state index is 12.7. The highest BCUT2D eigenvalue weighted by atomic mass is 32.1. The first-order valence-electron chi connectivity index (χ1n) is 8.83. The summed E-state index contributed by atoms with van der Waals surface area (Å²) in [5.41, 5.74) is 2.96. The number of anilines is 2. The minimum Gasteiger partial charge on any atom is -0.323 e. The Morgan fingerprint density at radius 3 is 2.72 bits per heavy atom. The van der Waals surface area contributed by atoms with Crippen molar-refractivity contribution >= 4 is 39.1 Å². The van der Waals surface area contributed by atoms with Gasteiger partial charge >= 0.3 is 0 Å². The number of carbonyl (C=O) groups is 1. The van der Waals surface area contributed by atoms with Gasteiger partial charge in [0.2, 0.25) is 0 Å². The highest BCUT2D eigenvalue weighted by Crippen LogP contribution is 2.42. The van der Waals surface area contributed by atoms with Crippen LogP contribution in [-0.4, -0.2) is 21.9 Å². The summed E-state index contributed by atoms with van der Waals surface area (Å²) >= 11 is 1.29. The quantitative estimate of drug-likeness (QED) is 0.711. The molecule has 0 saturated carbocycles. The Bertz CT molecular complexity index is 1310. The third kappa shape index (κ3) is 2.66. The molecule has 29 heavy (non-hydrogen) atoms. The molecule has 1 N–H and O–H groups in total. The van der Waals surface area contributed by atoms with Crippen molar-refractivity contribution in [1.82, 2.24) is 9.97 Å². The molecule has 0 aliphatic carbocycles. The average Bonchev–Trinajstić information content (AvgIpc) is 3.32. The third-order valence-electron chi connectivity index (χ3n) is 4.96.